The summed E-state index contributed by atoms with van der Waals surface area (Å²) in [5.74, 6) is -3.96. The van der Waals surface area contributed by atoms with Crippen molar-refractivity contribution in [3.63, 3.8) is 0 Å². The maximum absolute atomic E-state index is 12.7. The van der Waals surface area contributed by atoms with E-state index in [-0.39, 0.29) is 12.1 Å². The van der Waals surface area contributed by atoms with Gasteiger partial charge in [-0.1, -0.05) is 0 Å². The van der Waals surface area contributed by atoms with Crippen LogP contribution in [-0.4, -0.2) is 11.5 Å². The second-order valence-electron chi connectivity index (χ2n) is 2.37. The van der Waals surface area contributed by atoms with Gasteiger partial charge in [0.2, 0.25) is 5.82 Å². The number of benzene rings is 1. The Balaban J connectivity index is 3.17. The number of ether oxygens (including phenoxy) is 1. The molecule has 15 heavy (non-hydrogen) atoms. The zero-order chi connectivity index (χ0) is 11.6. The van der Waals surface area contributed by atoms with Gasteiger partial charge in [0, 0.05) is 6.07 Å². The van der Waals surface area contributed by atoms with Gasteiger partial charge in [-0.15, -0.1) is 0 Å². The molecule has 0 aromatic heterocycles. The number of alkyl halides is 2. The molecular weight excluding hydrogens is 222 g/mol. The van der Waals surface area contributed by atoms with Crippen molar-refractivity contribution in [2.75, 3.05) is 0 Å². The first kappa shape index (κ1) is 11.2. The summed E-state index contributed by atoms with van der Waals surface area (Å²) in [6.07, 6.45) is 0. The first-order chi connectivity index (χ1) is 6.91. The quantitative estimate of drug-likeness (QED) is 0.451. The molecule has 82 valence electrons. The zero-order valence-corrected chi connectivity index (χ0v) is 6.92. The van der Waals surface area contributed by atoms with Gasteiger partial charge < -0.3 is 4.74 Å². The molecule has 0 aliphatic heterocycles. The Kier molecular flexibility index (Phi) is 3.08. The minimum Gasteiger partial charge on any atom is -0.431 e. The lowest BCUT2D eigenvalue weighted by Crippen LogP contribution is -2.05. The number of nitrogens with zero attached hydrogens (tertiary/aromatic N) is 1. The van der Waals surface area contributed by atoms with Gasteiger partial charge in [0.05, 0.1) is 11.0 Å². The van der Waals surface area contributed by atoms with Crippen molar-refractivity contribution in [1.29, 1.82) is 0 Å². The predicted molar refractivity (Wildman–Crippen MR) is 39.6 cm³/mol. The predicted octanol–water partition coefficient (Wildman–Crippen LogP) is 2.47. The van der Waals surface area contributed by atoms with Gasteiger partial charge in [-0.3, -0.25) is 10.1 Å². The SMILES string of the molecule is O=[N+]([O-])c1cc(OC(F)F)c(F)cc1F. The summed E-state index contributed by atoms with van der Waals surface area (Å²) in [4.78, 5) is 9.00. The smallest absolute Gasteiger partial charge is 0.387 e. The number of nitro benzene ring substituents is 1. The Bertz CT molecular complexity index is 396. The molecule has 8 heteroatoms. The summed E-state index contributed by atoms with van der Waals surface area (Å²) in [6.45, 7) is -3.34. The highest BCUT2D eigenvalue weighted by molar-refractivity contribution is 5.40. The average molecular weight is 225 g/mol. The molecule has 0 radical (unpaired) electrons. The molecule has 0 N–H and O–H groups in total. The molecule has 0 bridgehead atoms. The minimum atomic E-state index is -3.34. The summed E-state index contributed by atoms with van der Waals surface area (Å²) in [7, 11) is 0. The van der Waals surface area contributed by atoms with E-state index in [0.717, 1.165) is 0 Å². The molecule has 0 saturated carbocycles. The summed E-state index contributed by atoms with van der Waals surface area (Å²) < 4.78 is 52.4. The molecule has 0 fully saturated rings. The first-order valence-corrected chi connectivity index (χ1v) is 3.50. The van der Waals surface area contributed by atoms with Crippen molar-refractivity contribution in [3.05, 3.63) is 33.9 Å². The summed E-state index contributed by atoms with van der Waals surface area (Å²) in [6, 6.07) is 0.368. The van der Waals surface area contributed by atoms with E-state index in [0.29, 0.717) is 0 Å². The Morgan fingerprint density at radius 3 is 2.33 bits per heavy atom. The molecule has 0 aliphatic carbocycles. The number of nitro groups is 1. The highest BCUT2D eigenvalue weighted by Gasteiger charge is 2.21. The zero-order valence-electron chi connectivity index (χ0n) is 6.92. The topological polar surface area (TPSA) is 52.4 Å². The summed E-state index contributed by atoms with van der Waals surface area (Å²) in [5, 5.41) is 10.2. The Labute approximate surface area is 80.2 Å². The summed E-state index contributed by atoms with van der Waals surface area (Å²) in [5.41, 5.74) is -1.13. The van der Waals surface area contributed by atoms with E-state index in [1.165, 1.54) is 0 Å². The molecule has 0 amide bonds. The third-order valence-corrected chi connectivity index (χ3v) is 1.41. The van der Waals surface area contributed by atoms with E-state index in [1.54, 1.807) is 0 Å². The van der Waals surface area contributed by atoms with Crippen LogP contribution in [0, 0.1) is 21.7 Å². The molecule has 0 atom stereocenters. The Hall–Kier alpha value is -1.86. The van der Waals surface area contributed by atoms with Crippen LogP contribution in [0.1, 0.15) is 0 Å². The van der Waals surface area contributed by atoms with Crippen LogP contribution in [0.5, 0.6) is 5.75 Å². The second kappa shape index (κ2) is 4.11. The maximum Gasteiger partial charge on any atom is 0.387 e. The molecule has 0 unspecified atom stereocenters. The van der Waals surface area contributed by atoms with Crippen LogP contribution in [0.3, 0.4) is 0 Å². The van der Waals surface area contributed by atoms with Crippen molar-refractivity contribution >= 4 is 5.69 Å². The average Bonchev–Trinajstić information content (AvgIpc) is 2.08. The van der Waals surface area contributed by atoms with Crippen molar-refractivity contribution in [2.24, 2.45) is 0 Å². The van der Waals surface area contributed by atoms with Gasteiger partial charge in [-0.25, -0.2) is 4.39 Å². The van der Waals surface area contributed by atoms with E-state index >= 15 is 0 Å². The van der Waals surface area contributed by atoms with Crippen LogP contribution < -0.4 is 4.74 Å². The molecule has 0 aliphatic rings. The minimum absolute atomic E-state index is 0.107. The van der Waals surface area contributed by atoms with Crippen molar-refractivity contribution < 1.29 is 27.2 Å². The lowest BCUT2D eigenvalue weighted by Gasteiger charge is -2.05. The third-order valence-electron chi connectivity index (χ3n) is 1.41. The molecular formula is C7H3F4NO3. The van der Waals surface area contributed by atoms with Crippen LogP contribution in [0.4, 0.5) is 23.2 Å². The monoisotopic (exact) mass is 225 g/mol. The van der Waals surface area contributed by atoms with Gasteiger partial charge >= 0.3 is 12.3 Å². The highest BCUT2D eigenvalue weighted by atomic mass is 19.3. The molecule has 1 rings (SSSR count). The lowest BCUT2D eigenvalue weighted by molar-refractivity contribution is -0.387. The number of rotatable bonds is 3. The number of hydrogen-bond donors (Lipinski definition) is 0. The van der Waals surface area contributed by atoms with Crippen LogP contribution in [0.2, 0.25) is 0 Å². The normalized spacial score (nSPS) is 10.5. The van der Waals surface area contributed by atoms with Crippen LogP contribution >= 0.6 is 0 Å². The fourth-order valence-electron chi connectivity index (χ4n) is 0.845. The number of halogens is 4. The van der Waals surface area contributed by atoms with Gasteiger partial charge in [0.15, 0.2) is 11.6 Å². The highest BCUT2D eigenvalue weighted by Crippen LogP contribution is 2.27. The van der Waals surface area contributed by atoms with Crippen molar-refractivity contribution in [2.45, 2.75) is 6.61 Å². The molecule has 1 aromatic rings. The first-order valence-electron chi connectivity index (χ1n) is 3.50. The fraction of sp³-hybridized carbons (Fsp3) is 0.143. The Morgan fingerprint density at radius 2 is 1.87 bits per heavy atom. The van der Waals surface area contributed by atoms with E-state index in [9.17, 15) is 27.7 Å². The summed E-state index contributed by atoms with van der Waals surface area (Å²) >= 11 is 0. The van der Waals surface area contributed by atoms with Crippen LogP contribution in [0.15, 0.2) is 12.1 Å². The molecule has 4 nitrogen and oxygen atoms in total. The van der Waals surface area contributed by atoms with E-state index in [4.69, 9.17) is 0 Å². The van der Waals surface area contributed by atoms with Crippen molar-refractivity contribution in [3.8, 4) is 5.75 Å². The van der Waals surface area contributed by atoms with E-state index < -0.39 is 34.6 Å². The van der Waals surface area contributed by atoms with Crippen LogP contribution in [0.25, 0.3) is 0 Å². The fourth-order valence-corrected chi connectivity index (χ4v) is 0.845. The second-order valence-corrected chi connectivity index (χ2v) is 2.37. The lowest BCUT2D eigenvalue weighted by atomic mass is 10.3. The van der Waals surface area contributed by atoms with E-state index in [2.05, 4.69) is 4.74 Å². The Morgan fingerprint density at radius 1 is 1.27 bits per heavy atom. The molecule has 0 spiro atoms. The van der Waals surface area contributed by atoms with Crippen molar-refractivity contribution in [1.82, 2.24) is 0 Å². The van der Waals surface area contributed by atoms with Gasteiger partial charge in [-0.05, 0) is 0 Å². The van der Waals surface area contributed by atoms with Gasteiger partial charge in [0.1, 0.15) is 0 Å². The molecule has 0 saturated heterocycles. The maximum atomic E-state index is 12.7. The van der Waals surface area contributed by atoms with Crippen LogP contribution in [-0.2, 0) is 0 Å². The standard InChI is InChI=1S/C7H3F4NO3/c8-3-1-4(9)6(15-7(10)11)2-5(3)12(13)14/h1-2,7H. The van der Waals surface area contributed by atoms with Gasteiger partial charge in [0.25, 0.3) is 0 Å². The number of hydrogen-bond acceptors (Lipinski definition) is 3. The molecule has 1 aromatic carbocycles. The van der Waals surface area contributed by atoms with E-state index in [1.807, 2.05) is 0 Å². The third kappa shape index (κ3) is 2.55. The van der Waals surface area contributed by atoms with Gasteiger partial charge in [-0.2, -0.15) is 13.2 Å². The molecule has 0 heterocycles. The largest absolute Gasteiger partial charge is 0.431 e.